The molecule has 0 radical (unpaired) electrons. The standard InChI is InChI=1S/C19H22BrNO5S2/c1-4-25-14-10-12(9-13(20)17(14)26-5-2)11-15-18(23)21(19(27)28-15)8-6-7-16(22)24-3/h9-11H,4-8H2,1-3H3/b15-11-. The molecule has 0 N–H and O–H groups in total. The first-order valence-corrected chi connectivity index (χ1v) is 10.8. The third kappa shape index (κ3) is 5.71. The fourth-order valence-corrected chi connectivity index (χ4v) is 4.43. The summed E-state index contributed by atoms with van der Waals surface area (Å²) >= 11 is 10.1. The lowest BCUT2D eigenvalue weighted by molar-refractivity contribution is -0.141. The van der Waals surface area contributed by atoms with Gasteiger partial charge in [0.05, 0.1) is 29.7 Å². The first kappa shape index (κ1) is 22.7. The van der Waals surface area contributed by atoms with E-state index in [1.54, 1.807) is 6.08 Å². The molecular formula is C19H22BrNO5S2. The van der Waals surface area contributed by atoms with Gasteiger partial charge in [0.15, 0.2) is 11.5 Å². The fourth-order valence-electron chi connectivity index (χ4n) is 2.55. The molecule has 1 saturated heterocycles. The summed E-state index contributed by atoms with van der Waals surface area (Å²) in [5.41, 5.74) is 0.800. The Hall–Kier alpha value is -1.58. The largest absolute Gasteiger partial charge is 0.490 e. The topological polar surface area (TPSA) is 65.1 Å². The first-order valence-electron chi connectivity index (χ1n) is 8.82. The van der Waals surface area contributed by atoms with Gasteiger partial charge in [0.1, 0.15) is 4.32 Å². The number of ether oxygens (including phenoxy) is 3. The van der Waals surface area contributed by atoms with Crippen molar-refractivity contribution < 1.29 is 23.8 Å². The van der Waals surface area contributed by atoms with Gasteiger partial charge in [-0.3, -0.25) is 14.5 Å². The van der Waals surface area contributed by atoms with Crippen molar-refractivity contribution in [2.24, 2.45) is 0 Å². The van der Waals surface area contributed by atoms with Gasteiger partial charge in [-0.2, -0.15) is 0 Å². The van der Waals surface area contributed by atoms with Crippen LogP contribution in [-0.4, -0.2) is 48.0 Å². The number of esters is 1. The third-order valence-corrected chi connectivity index (χ3v) is 5.75. The minimum Gasteiger partial charge on any atom is -0.490 e. The molecule has 1 heterocycles. The summed E-state index contributed by atoms with van der Waals surface area (Å²) in [7, 11) is 1.34. The number of amides is 1. The van der Waals surface area contributed by atoms with E-state index in [1.165, 1.54) is 23.8 Å². The molecule has 0 unspecified atom stereocenters. The molecule has 28 heavy (non-hydrogen) atoms. The molecule has 0 spiro atoms. The van der Waals surface area contributed by atoms with Crippen molar-refractivity contribution in [3.63, 3.8) is 0 Å². The molecule has 1 amide bonds. The zero-order valence-corrected chi connectivity index (χ0v) is 19.2. The van der Waals surface area contributed by atoms with Gasteiger partial charge in [-0.25, -0.2) is 0 Å². The summed E-state index contributed by atoms with van der Waals surface area (Å²) in [4.78, 5) is 26.0. The minimum atomic E-state index is -0.302. The number of thiocarbonyl (C=S) groups is 1. The highest BCUT2D eigenvalue weighted by molar-refractivity contribution is 9.10. The number of thioether (sulfide) groups is 1. The normalized spacial score (nSPS) is 15.3. The van der Waals surface area contributed by atoms with E-state index in [9.17, 15) is 9.59 Å². The zero-order valence-electron chi connectivity index (χ0n) is 16.0. The Morgan fingerprint density at radius 3 is 2.64 bits per heavy atom. The maximum absolute atomic E-state index is 12.7. The average molecular weight is 488 g/mol. The van der Waals surface area contributed by atoms with Gasteiger partial charge in [-0.15, -0.1) is 0 Å². The summed E-state index contributed by atoms with van der Waals surface area (Å²) in [6, 6.07) is 3.71. The second kappa shape index (κ2) is 10.8. The van der Waals surface area contributed by atoms with E-state index in [1.807, 2.05) is 26.0 Å². The predicted molar refractivity (Wildman–Crippen MR) is 118 cm³/mol. The number of nitrogens with zero attached hydrogens (tertiary/aromatic N) is 1. The Balaban J connectivity index is 2.19. The van der Waals surface area contributed by atoms with Crippen LogP contribution in [0.2, 0.25) is 0 Å². The molecule has 1 aromatic rings. The van der Waals surface area contributed by atoms with Crippen LogP contribution in [-0.2, 0) is 14.3 Å². The van der Waals surface area contributed by atoms with E-state index >= 15 is 0 Å². The monoisotopic (exact) mass is 487 g/mol. The summed E-state index contributed by atoms with van der Waals surface area (Å²) in [5.74, 6) is 0.780. The second-order valence-electron chi connectivity index (χ2n) is 5.71. The van der Waals surface area contributed by atoms with Crippen LogP contribution in [0.25, 0.3) is 6.08 Å². The Bertz CT molecular complexity index is 797. The van der Waals surface area contributed by atoms with E-state index in [-0.39, 0.29) is 18.3 Å². The van der Waals surface area contributed by atoms with E-state index in [4.69, 9.17) is 21.7 Å². The lowest BCUT2D eigenvalue weighted by Crippen LogP contribution is -2.29. The molecule has 1 fully saturated rings. The summed E-state index contributed by atoms with van der Waals surface area (Å²) in [6.45, 7) is 5.20. The molecule has 6 nitrogen and oxygen atoms in total. The number of hydrogen-bond acceptors (Lipinski definition) is 7. The highest BCUT2D eigenvalue weighted by Gasteiger charge is 2.31. The number of carbonyl (C=O) groups excluding carboxylic acids is 2. The third-order valence-electron chi connectivity index (χ3n) is 3.78. The van der Waals surface area contributed by atoms with E-state index < -0.39 is 0 Å². The van der Waals surface area contributed by atoms with E-state index in [0.717, 1.165) is 10.0 Å². The van der Waals surface area contributed by atoms with Crippen LogP contribution in [0, 0.1) is 0 Å². The van der Waals surface area contributed by atoms with E-state index in [0.29, 0.717) is 46.9 Å². The highest BCUT2D eigenvalue weighted by Crippen LogP contribution is 2.39. The van der Waals surface area contributed by atoms with Gasteiger partial charge in [0, 0.05) is 13.0 Å². The van der Waals surface area contributed by atoms with Gasteiger partial charge in [-0.1, -0.05) is 24.0 Å². The Kier molecular flexibility index (Phi) is 8.78. The first-order chi connectivity index (χ1) is 13.4. The fraction of sp³-hybridized carbons (Fsp3) is 0.421. The number of benzene rings is 1. The Morgan fingerprint density at radius 1 is 1.29 bits per heavy atom. The molecule has 152 valence electrons. The molecule has 1 aliphatic rings. The van der Waals surface area contributed by atoms with Crippen LogP contribution >= 0.6 is 39.9 Å². The molecule has 0 aromatic heterocycles. The molecule has 0 bridgehead atoms. The maximum Gasteiger partial charge on any atom is 0.305 e. The van der Waals surface area contributed by atoms with Crippen molar-refractivity contribution >= 4 is 62.2 Å². The quantitative estimate of drug-likeness (QED) is 0.290. The second-order valence-corrected chi connectivity index (χ2v) is 8.24. The van der Waals surface area contributed by atoms with E-state index in [2.05, 4.69) is 20.7 Å². The van der Waals surface area contributed by atoms with Crippen molar-refractivity contribution in [2.75, 3.05) is 26.9 Å². The predicted octanol–water partition coefficient (Wildman–Crippen LogP) is 4.40. The van der Waals surface area contributed by atoms with Crippen LogP contribution in [0.1, 0.15) is 32.3 Å². The van der Waals surface area contributed by atoms with Crippen molar-refractivity contribution in [1.82, 2.24) is 4.90 Å². The van der Waals surface area contributed by atoms with Crippen LogP contribution in [0.5, 0.6) is 11.5 Å². The van der Waals surface area contributed by atoms with Gasteiger partial charge in [-0.05, 0) is 60.0 Å². The van der Waals surface area contributed by atoms with Crippen LogP contribution < -0.4 is 9.47 Å². The van der Waals surface area contributed by atoms with Gasteiger partial charge >= 0.3 is 5.97 Å². The van der Waals surface area contributed by atoms with Gasteiger partial charge < -0.3 is 14.2 Å². The molecule has 1 aromatic carbocycles. The molecule has 0 aliphatic carbocycles. The SMILES string of the molecule is CCOc1cc(/C=C2\SC(=S)N(CCCC(=O)OC)C2=O)cc(Br)c1OCC. The van der Waals surface area contributed by atoms with Crippen LogP contribution in [0.3, 0.4) is 0 Å². The molecule has 1 aliphatic heterocycles. The zero-order chi connectivity index (χ0) is 20.7. The Morgan fingerprint density at radius 2 is 2.00 bits per heavy atom. The number of hydrogen-bond donors (Lipinski definition) is 0. The number of rotatable bonds is 9. The molecule has 0 atom stereocenters. The molecule has 0 saturated carbocycles. The highest BCUT2D eigenvalue weighted by atomic mass is 79.9. The number of carbonyl (C=O) groups is 2. The summed E-state index contributed by atoms with van der Waals surface area (Å²) in [6.07, 6.45) is 2.52. The van der Waals surface area contributed by atoms with Gasteiger partial charge in [0.2, 0.25) is 0 Å². The van der Waals surface area contributed by atoms with Crippen molar-refractivity contribution in [3.05, 3.63) is 27.1 Å². The molecular weight excluding hydrogens is 466 g/mol. The number of halogens is 1. The molecule has 2 rings (SSSR count). The van der Waals surface area contributed by atoms with Gasteiger partial charge in [0.25, 0.3) is 5.91 Å². The van der Waals surface area contributed by atoms with Crippen molar-refractivity contribution in [1.29, 1.82) is 0 Å². The molecule has 9 heteroatoms. The van der Waals surface area contributed by atoms with Crippen LogP contribution in [0.4, 0.5) is 0 Å². The van der Waals surface area contributed by atoms with Crippen molar-refractivity contribution in [3.8, 4) is 11.5 Å². The maximum atomic E-state index is 12.7. The lowest BCUT2D eigenvalue weighted by atomic mass is 10.1. The van der Waals surface area contributed by atoms with Crippen molar-refractivity contribution in [2.45, 2.75) is 26.7 Å². The summed E-state index contributed by atoms with van der Waals surface area (Å²) < 4.78 is 17.2. The number of methoxy groups -OCH3 is 1. The smallest absolute Gasteiger partial charge is 0.305 e. The van der Waals surface area contributed by atoms with Crippen LogP contribution in [0.15, 0.2) is 21.5 Å². The lowest BCUT2D eigenvalue weighted by Gasteiger charge is -2.14. The summed E-state index contributed by atoms with van der Waals surface area (Å²) in [5, 5.41) is 0. The average Bonchev–Trinajstić information content (AvgIpc) is 2.92. The Labute approximate surface area is 182 Å². The minimum absolute atomic E-state index is 0.164.